The number of para-hydroxylation sites is 1. The van der Waals surface area contributed by atoms with Crippen LogP contribution in [-0.2, 0) is 23.1 Å². The van der Waals surface area contributed by atoms with Crippen LogP contribution in [0.15, 0.2) is 133 Å². The summed E-state index contributed by atoms with van der Waals surface area (Å²) in [5.74, 6) is 1.19. The molecule has 0 amide bonds. The summed E-state index contributed by atoms with van der Waals surface area (Å²) in [6.45, 7) is 1.52. The topological polar surface area (TPSA) is 104 Å². The first-order chi connectivity index (χ1) is 23.2. The number of hydrogen-bond donors (Lipinski definition) is 0. The van der Waals surface area contributed by atoms with Crippen LogP contribution in [0.2, 0.25) is 0 Å². The normalized spacial score (nSPS) is 11.2. The number of benzene rings is 5. The van der Waals surface area contributed by atoms with Gasteiger partial charge in [-0.15, -0.1) is 10.2 Å². The van der Waals surface area contributed by atoms with E-state index in [1.807, 2.05) is 30.3 Å². The largest absolute Gasteiger partial charge is 0.495 e. The van der Waals surface area contributed by atoms with Gasteiger partial charge < -0.3 is 14.0 Å². The summed E-state index contributed by atoms with van der Waals surface area (Å²) in [7, 11) is -2.91. The number of ether oxygens (including phenoxy) is 2. The molecule has 0 saturated heterocycles. The predicted octanol–water partition coefficient (Wildman–Crippen LogP) is 7.53. The van der Waals surface area contributed by atoms with Crippen molar-refractivity contribution in [3.05, 3.63) is 150 Å². The van der Waals surface area contributed by atoms with Gasteiger partial charge in [0.05, 0.1) is 25.9 Å². The molecule has 242 valence electrons. The second kappa shape index (κ2) is 13.9. The van der Waals surface area contributed by atoms with E-state index in [2.05, 4.69) is 10.2 Å². The Morgan fingerprint density at radius 3 is 2.23 bits per heavy atom. The molecule has 5 aromatic carbocycles. The third-order valence-electron chi connectivity index (χ3n) is 7.68. The van der Waals surface area contributed by atoms with Gasteiger partial charge in [0.25, 0.3) is 10.0 Å². The minimum atomic E-state index is -4.32. The Kier molecular flexibility index (Phi) is 9.31. The molecule has 0 N–H and O–H groups in total. The zero-order valence-corrected chi connectivity index (χ0v) is 27.0. The van der Waals surface area contributed by atoms with Gasteiger partial charge in [0.2, 0.25) is 0 Å². The van der Waals surface area contributed by atoms with E-state index >= 15 is 0 Å². The molecule has 9 nitrogen and oxygen atoms in total. The van der Waals surface area contributed by atoms with E-state index in [9.17, 15) is 17.6 Å². The van der Waals surface area contributed by atoms with Crippen LogP contribution in [0.3, 0.4) is 0 Å². The van der Waals surface area contributed by atoms with Gasteiger partial charge in [-0.1, -0.05) is 60.7 Å². The first-order valence-electron chi connectivity index (χ1n) is 15.0. The average Bonchev–Trinajstić information content (AvgIpc) is 3.54. The lowest BCUT2D eigenvalue weighted by molar-refractivity contribution is 0.101. The molecule has 0 unspecified atom stereocenters. The van der Waals surface area contributed by atoms with Gasteiger partial charge in [0.15, 0.2) is 11.6 Å². The Morgan fingerprint density at radius 1 is 0.833 bits per heavy atom. The van der Waals surface area contributed by atoms with E-state index in [0.29, 0.717) is 39.7 Å². The maximum atomic E-state index is 14.7. The van der Waals surface area contributed by atoms with Gasteiger partial charge in [-0.2, -0.15) is 0 Å². The van der Waals surface area contributed by atoms with Gasteiger partial charge in [0, 0.05) is 5.56 Å². The quantitative estimate of drug-likeness (QED) is 0.125. The highest BCUT2D eigenvalue weighted by Crippen LogP contribution is 2.36. The molecule has 0 bridgehead atoms. The number of nitrogens with zero attached hydrogens (tertiary/aromatic N) is 4. The Bertz CT molecular complexity index is 2150. The Balaban J connectivity index is 1.40. The molecule has 0 aliphatic carbocycles. The van der Waals surface area contributed by atoms with Gasteiger partial charge in [-0.25, -0.2) is 12.8 Å². The smallest absolute Gasteiger partial charge is 0.268 e. The zero-order chi connectivity index (χ0) is 33.7. The Hall–Kier alpha value is -5.81. The second-order valence-electron chi connectivity index (χ2n) is 10.9. The van der Waals surface area contributed by atoms with Crippen molar-refractivity contribution < 1.29 is 27.1 Å². The second-order valence-corrected chi connectivity index (χ2v) is 12.8. The number of carbonyl (C=O) groups is 1. The summed E-state index contributed by atoms with van der Waals surface area (Å²) >= 11 is 0. The van der Waals surface area contributed by atoms with Crippen LogP contribution in [0.5, 0.6) is 17.2 Å². The van der Waals surface area contributed by atoms with Gasteiger partial charge in [-0.05, 0) is 84.3 Å². The van der Waals surface area contributed by atoms with Crippen molar-refractivity contribution in [1.82, 2.24) is 14.8 Å². The van der Waals surface area contributed by atoms with Crippen molar-refractivity contribution in [2.75, 3.05) is 11.4 Å². The van der Waals surface area contributed by atoms with E-state index in [1.165, 1.54) is 36.8 Å². The summed E-state index contributed by atoms with van der Waals surface area (Å²) < 4.78 is 57.8. The summed E-state index contributed by atoms with van der Waals surface area (Å²) in [5.41, 5.74) is 2.90. The fourth-order valence-corrected chi connectivity index (χ4v) is 6.79. The summed E-state index contributed by atoms with van der Waals surface area (Å²) in [4.78, 5) is 11.7. The predicted molar refractivity (Wildman–Crippen MR) is 180 cm³/mol. The summed E-state index contributed by atoms with van der Waals surface area (Å²) in [5, 5.41) is 8.28. The lowest BCUT2D eigenvalue weighted by Crippen LogP contribution is -2.32. The highest BCUT2D eigenvalue weighted by Gasteiger charge is 2.30. The molecule has 0 radical (unpaired) electrons. The van der Waals surface area contributed by atoms with Gasteiger partial charge in [0.1, 0.15) is 34.3 Å². The van der Waals surface area contributed by atoms with E-state index in [-0.39, 0.29) is 35.3 Å². The third-order valence-corrected chi connectivity index (χ3v) is 9.48. The van der Waals surface area contributed by atoms with Crippen LogP contribution < -0.4 is 13.8 Å². The molecule has 6 aromatic rings. The first-order valence-corrected chi connectivity index (χ1v) is 16.4. The number of anilines is 1. The van der Waals surface area contributed by atoms with Crippen LogP contribution >= 0.6 is 0 Å². The molecule has 48 heavy (non-hydrogen) atoms. The van der Waals surface area contributed by atoms with Crippen molar-refractivity contribution in [3.8, 4) is 28.4 Å². The van der Waals surface area contributed by atoms with Gasteiger partial charge in [-0.3, -0.25) is 9.10 Å². The number of methoxy groups -OCH3 is 1. The summed E-state index contributed by atoms with van der Waals surface area (Å²) in [6, 6.07) is 33.9. The fraction of sp³-hybridized carbons (Fsp3) is 0.108. The molecule has 1 aromatic heterocycles. The number of sulfonamides is 1. The number of Topliss-reactive ketones (excluding diaryl/α,β-unsaturated/α-hetero) is 1. The maximum absolute atomic E-state index is 14.7. The standard InChI is InChI=1S/C37H31FN4O5S/c1-26(43)28-11-13-29(14-12-28)30-15-20-35(46-2)36(22-30)48(44,45)42(32-16-18-34(19-17-32)47-33-9-4-3-5-10-33)24-37-40-39-25-41(37)23-27-7-6-8-31(38)21-27/h3-22,25H,23-24H2,1-2H3. The molecule has 6 rings (SSSR count). The highest BCUT2D eigenvalue weighted by atomic mass is 32.2. The van der Waals surface area contributed by atoms with Crippen molar-refractivity contribution in [1.29, 1.82) is 0 Å². The molecule has 0 atom stereocenters. The first kappa shape index (κ1) is 32.1. The molecule has 0 spiro atoms. The van der Waals surface area contributed by atoms with Crippen LogP contribution in [0.4, 0.5) is 10.1 Å². The maximum Gasteiger partial charge on any atom is 0.268 e. The molecule has 11 heteroatoms. The number of rotatable bonds is 12. The van der Waals surface area contributed by atoms with Crippen molar-refractivity contribution in [2.45, 2.75) is 24.9 Å². The molecular formula is C37H31FN4O5S. The number of halogens is 1. The number of carbonyl (C=O) groups excluding carboxylic acids is 1. The van der Waals surface area contributed by atoms with Crippen molar-refractivity contribution in [3.63, 3.8) is 0 Å². The lowest BCUT2D eigenvalue weighted by Gasteiger charge is -2.26. The number of hydrogen-bond acceptors (Lipinski definition) is 7. The van der Waals surface area contributed by atoms with Crippen molar-refractivity contribution >= 4 is 21.5 Å². The van der Waals surface area contributed by atoms with E-state index in [0.717, 1.165) is 5.56 Å². The Morgan fingerprint density at radius 2 is 1.54 bits per heavy atom. The van der Waals surface area contributed by atoms with Crippen molar-refractivity contribution in [2.24, 2.45) is 0 Å². The van der Waals surface area contributed by atoms with E-state index in [4.69, 9.17) is 9.47 Å². The molecule has 0 aliphatic rings. The SMILES string of the molecule is COc1ccc(-c2ccc(C(C)=O)cc2)cc1S(=O)(=O)N(Cc1nncn1Cc1cccc(F)c1)c1ccc(Oc2ccccc2)cc1. The third kappa shape index (κ3) is 7.11. The minimum Gasteiger partial charge on any atom is -0.495 e. The van der Waals surface area contributed by atoms with E-state index in [1.54, 1.807) is 83.4 Å². The van der Waals surface area contributed by atoms with Gasteiger partial charge >= 0.3 is 0 Å². The zero-order valence-electron chi connectivity index (χ0n) is 26.2. The molecular weight excluding hydrogens is 631 g/mol. The average molecular weight is 663 g/mol. The number of ketones is 1. The minimum absolute atomic E-state index is 0.0689. The molecule has 0 saturated carbocycles. The van der Waals surface area contributed by atoms with E-state index < -0.39 is 10.0 Å². The van der Waals surface area contributed by atoms with Crippen LogP contribution in [0, 0.1) is 5.82 Å². The monoisotopic (exact) mass is 662 g/mol. The fourth-order valence-electron chi connectivity index (χ4n) is 5.19. The molecule has 0 fully saturated rings. The molecule has 1 heterocycles. The highest BCUT2D eigenvalue weighted by molar-refractivity contribution is 7.93. The molecule has 0 aliphatic heterocycles. The van der Waals surface area contributed by atoms with Crippen LogP contribution in [0.1, 0.15) is 28.7 Å². The Labute approximate surface area is 277 Å². The lowest BCUT2D eigenvalue weighted by atomic mass is 10.0. The van der Waals surface area contributed by atoms with Crippen LogP contribution in [0.25, 0.3) is 11.1 Å². The summed E-state index contributed by atoms with van der Waals surface area (Å²) in [6.07, 6.45) is 1.48. The van der Waals surface area contributed by atoms with Crippen LogP contribution in [-0.4, -0.2) is 36.1 Å². The number of aromatic nitrogens is 3.